The molecule has 0 radical (unpaired) electrons. The SMILES string of the molecule is CSc1c(I)cc(C)cc1C=O. The lowest BCUT2D eigenvalue weighted by molar-refractivity contribution is 0.112. The predicted molar refractivity (Wildman–Crippen MR) is 61.1 cm³/mol. The van der Waals surface area contributed by atoms with Crippen LogP contribution in [0, 0.1) is 10.5 Å². The van der Waals surface area contributed by atoms with Crippen LogP contribution in [0.5, 0.6) is 0 Å². The van der Waals surface area contributed by atoms with Crippen LogP contribution in [-0.4, -0.2) is 12.5 Å². The van der Waals surface area contributed by atoms with E-state index in [2.05, 4.69) is 28.7 Å². The molecule has 12 heavy (non-hydrogen) atoms. The molecule has 3 heteroatoms. The zero-order chi connectivity index (χ0) is 9.14. The van der Waals surface area contributed by atoms with Gasteiger partial charge in [0, 0.05) is 14.0 Å². The first-order valence-corrected chi connectivity index (χ1v) is 5.78. The van der Waals surface area contributed by atoms with Gasteiger partial charge in [-0.3, -0.25) is 4.79 Å². The van der Waals surface area contributed by atoms with Crippen LogP contribution in [-0.2, 0) is 0 Å². The maximum absolute atomic E-state index is 10.7. The summed E-state index contributed by atoms with van der Waals surface area (Å²) < 4.78 is 1.15. The van der Waals surface area contributed by atoms with Gasteiger partial charge >= 0.3 is 0 Å². The van der Waals surface area contributed by atoms with Gasteiger partial charge in [-0.05, 0) is 53.5 Å². The summed E-state index contributed by atoms with van der Waals surface area (Å²) in [5.41, 5.74) is 1.94. The van der Waals surface area contributed by atoms with Gasteiger partial charge in [0.05, 0.1) is 0 Å². The first kappa shape index (κ1) is 10.1. The van der Waals surface area contributed by atoms with Gasteiger partial charge < -0.3 is 0 Å². The van der Waals surface area contributed by atoms with Gasteiger partial charge in [0.1, 0.15) is 0 Å². The predicted octanol–water partition coefficient (Wildman–Crippen LogP) is 3.13. The van der Waals surface area contributed by atoms with E-state index >= 15 is 0 Å². The number of thioether (sulfide) groups is 1. The topological polar surface area (TPSA) is 17.1 Å². The first-order valence-electron chi connectivity index (χ1n) is 3.48. The normalized spacial score (nSPS) is 9.92. The molecule has 0 aliphatic carbocycles. The quantitative estimate of drug-likeness (QED) is 0.473. The van der Waals surface area contributed by atoms with Crippen molar-refractivity contribution in [2.45, 2.75) is 11.8 Å². The lowest BCUT2D eigenvalue weighted by atomic mass is 10.2. The summed E-state index contributed by atoms with van der Waals surface area (Å²) >= 11 is 3.87. The third-order valence-electron chi connectivity index (χ3n) is 1.55. The fourth-order valence-corrected chi connectivity index (χ4v) is 3.12. The molecule has 0 spiro atoms. The van der Waals surface area contributed by atoms with Crippen LogP contribution in [0.2, 0.25) is 0 Å². The molecular formula is C9H9IOS. The molecule has 0 bridgehead atoms. The van der Waals surface area contributed by atoms with Crippen LogP contribution in [0.25, 0.3) is 0 Å². The molecule has 0 aliphatic rings. The van der Waals surface area contributed by atoms with E-state index in [4.69, 9.17) is 0 Å². The first-order chi connectivity index (χ1) is 5.69. The number of benzene rings is 1. The van der Waals surface area contributed by atoms with Crippen LogP contribution >= 0.6 is 34.4 Å². The number of aldehydes is 1. The average molecular weight is 292 g/mol. The van der Waals surface area contributed by atoms with E-state index in [0.29, 0.717) is 0 Å². The van der Waals surface area contributed by atoms with Gasteiger partial charge in [0.2, 0.25) is 0 Å². The fraction of sp³-hybridized carbons (Fsp3) is 0.222. The summed E-state index contributed by atoms with van der Waals surface area (Å²) in [6.07, 6.45) is 2.90. The Balaban J connectivity index is 3.33. The Morgan fingerprint density at radius 3 is 2.67 bits per heavy atom. The zero-order valence-electron chi connectivity index (χ0n) is 6.93. The van der Waals surface area contributed by atoms with Crippen molar-refractivity contribution in [3.63, 3.8) is 0 Å². The van der Waals surface area contributed by atoms with Crippen molar-refractivity contribution in [1.82, 2.24) is 0 Å². The minimum atomic E-state index is 0.798. The second kappa shape index (κ2) is 4.28. The van der Waals surface area contributed by atoms with Crippen molar-refractivity contribution in [2.24, 2.45) is 0 Å². The maximum Gasteiger partial charge on any atom is 0.151 e. The molecule has 0 N–H and O–H groups in total. The van der Waals surface area contributed by atoms with E-state index in [0.717, 1.165) is 25.9 Å². The highest BCUT2D eigenvalue weighted by Gasteiger charge is 2.05. The Morgan fingerprint density at radius 1 is 1.50 bits per heavy atom. The lowest BCUT2D eigenvalue weighted by Gasteiger charge is -2.05. The van der Waals surface area contributed by atoms with E-state index in [1.807, 2.05) is 19.2 Å². The van der Waals surface area contributed by atoms with Gasteiger partial charge in [-0.2, -0.15) is 0 Å². The second-order valence-electron chi connectivity index (χ2n) is 2.49. The number of carbonyl (C=O) groups excluding carboxylic acids is 1. The minimum absolute atomic E-state index is 0.798. The fourth-order valence-electron chi connectivity index (χ4n) is 1.06. The molecule has 1 nitrogen and oxygen atoms in total. The third-order valence-corrected chi connectivity index (χ3v) is 3.63. The molecule has 0 amide bonds. The molecule has 1 aromatic carbocycles. The van der Waals surface area contributed by atoms with Gasteiger partial charge in [0.25, 0.3) is 0 Å². The molecule has 64 valence electrons. The van der Waals surface area contributed by atoms with Crippen molar-refractivity contribution >= 4 is 40.6 Å². The monoisotopic (exact) mass is 292 g/mol. The van der Waals surface area contributed by atoms with Gasteiger partial charge in [-0.1, -0.05) is 0 Å². The van der Waals surface area contributed by atoms with Crippen molar-refractivity contribution in [2.75, 3.05) is 6.26 Å². The van der Waals surface area contributed by atoms with Crippen molar-refractivity contribution < 1.29 is 4.79 Å². The Bertz CT molecular complexity index is 310. The van der Waals surface area contributed by atoms with E-state index < -0.39 is 0 Å². The maximum atomic E-state index is 10.7. The molecule has 0 saturated heterocycles. The summed E-state index contributed by atoms with van der Waals surface area (Å²) in [6.45, 7) is 2.00. The van der Waals surface area contributed by atoms with Crippen molar-refractivity contribution in [3.05, 3.63) is 26.8 Å². The molecule has 0 heterocycles. The van der Waals surface area contributed by atoms with E-state index in [1.165, 1.54) is 0 Å². The molecule has 0 saturated carbocycles. The summed E-state index contributed by atoms with van der Waals surface area (Å²) in [4.78, 5) is 11.8. The smallest absolute Gasteiger partial charge is 0.151 e. The van der Waals surface area contributed by atoms with Gasteiger partial charge in [-0.25, -0.2) is 0 Å². The molecule has 0 aromatic heterocycles. The van der Waals surface area contributed by atoms with E-state index in [1.54, 1.807) is 11.8 Å². The third kappa shape index (κ3) is 2.01. The Hall–Kier alpha value is -0.0300. The Kier molecular flexibility index (Phi) is 3.58. The van der Waals surface area contributed by atoms with Gasteiger partial charge in [0.15, 0.2) is 6.29 Å². The Labute approximate surface area is 90.1 Å². The average Bonchev–Trinajstić information content (AvgIpc) is 2.03. The molecular weight excluding hydrogens is 283 g/mol. The summed E-state index contributed by atoms with van der Waals surface area (Å²) in [5, 5.41) is 0. The van der Waals surface area contributed by atoms with Crippen molar-refractivity contribution in [3.8, 4) is 0 Å². The number of carbonyl (C=O) groups is 1. The van der Waals surface area contributed by atoms with Crippen molar-refractivity contribution in [1.29, 1.82) is 0 Å². The summed E-state index contributed by atoms with van der Waals surface area (Å²) in [6, 6.07) is 4.00. The molecule has 0 fully saturated rings. The number of hydrogen-bond acceptors (Lipinski definition) is 2. The van der Waals surface area contributed by atoms with Gasteiger partial charge in [-0.15, -0.1) is 11.8 Å². The number of hydrogen-bond donors (Lipinski definition) is 0. The highest BCUT2D eigenvalue weighted by atomic mass is 127. The number of rotatable bonds is 2. The summed E-state index contributed by atoms with van der Waals surface area (Å²) in [7, 11) is 0. The minimum Gasteiger partial charge on any atom is -0.298 e. The van der Waals surface area contributed by atoms with Crippen LogP contribution in [0.1, 0.15) is 15.9 Å². The number of halogens is 1. The largest absolute Gasteiger partial charge is 0.298 e. The van der Waals surface area contributed by atoms with Crippen LogP contribution < -0.4 is 0 Å². The number of aryl methyl sites for hydroxylation is 1. The Morgan fingerprint density at radius 2 is 2.17 bits per heavy atom. The zero-order valence-corrected chi connectivity index (χ0v) is 9.90. The highest BCUT2D eigenvalue weighted by Crippen LogP contribution is 2.26. The summed E-state index contributed by atoms with van der Waals surface area (Å²) in [5.74, 6) is 0. The highest BCUT2D eigenvalue weighted by molar-refractivity contribution is 14.1. The van der Waals surface area contributed by atoms with Crippen LogP contribution in [0.3, 0.4) is 0 Å². The molecule has 0 atom stereocenters. The lowest BCUT2D eigenvalue weighted by Crippen LogP contribution is -1.90. The molecule has 0 unspecified atom stereocenters. The van der Waals surface area contributed by atoms with Crippen LogP contribution in [0.4, 0.5) is 0 Å². The molecule has 0 aliphatic heterocycles. The molecule has 1 rings (SSSR count). The van der Waals surface area contributed by atoms with E-state index in [9.17, 15) is 4.79 Å². The second-order valence-corrected chi connectivity index (χ2v) is 4.47. The van der Waals surface area contributed by atoms with Crippen LogP contribution in [0.15, 0.2) is 17.0 Å². The molecule has 1 aromatic rings. The standard InChI is InChI=1S/C9H9IOS/c1-6-3-7(5-11)9(12-2)8(10)4-6/h3-5H,1-2H3. The van der Waals surface area contributed by atoms with E-state index in [-0.39, 0.29) is 0 Å².